The van der Waals surface area contributed by atoms with Crippen molar-refractivity contribution in [3.8, 4) is 22.6 Å². The molecule has 1 aliphatic rings. The first-order valence-corrected chi connectivity index (χ1v) is 12.1. The first-order chi connectivity index (χ1) is 18.9. The predicted molar refractivity (Wildman–Crippen MR) is 136 cm³/mol. The van der Waals surface area contributed by atoms with Crippen LogP contribution in [0.5, 0.6) is 11.5 Å². The highest BCUT2D eigenvalue weighted by Gasteiger charge is 2.38. The molecule has 214 valence electrons. The van der Waals surface area contributed by atoms with E-state index in [1.165, 1.54) is 12.1 Å². The van der Waals surface area contributed by atoms with Crippen molar-refractivity contribution in [2.45, 2.75) is 31.2 Å². The lowest BCUT2D eigenvalue weighted by molar-refractivity contribution is -0.192. The number of alkyl halides is 3. The normalized spacial score (nSPS) is 15.1. The van der Waals surface area contributed by atoms with Crippen LogP contribution in [0.15, 0.2) is 66.7 Å². The third kappa shape index (κ3) is 8.95. The number of aryl methyl sites for hydroxylation is 1. The number of aromatic carboxylic acids is 1. The van der Waals surface area contributed by atoms with Gasteiger partial charge in [-0.15, -0.1) is 0 Å². The SMILES string of the molecule is O=C(O)C(F)(F)F.O=C(O)c1ccc(-c2ccc3c(c2)CC[C@H](CNC[C@H](O)COc2ccccc2F)O3)cc1. The Balaban J connectivity index is 0.000000559. The topological polar surface area (TPSA) is 125 Å². The number of ether oxygens (including phenoxy) is 2. The van der Waals surface area contributed by atoms with E-state index in [0.29, 0.717) is 13.1 Å². The van der Waals surface area contributed by atoms with Gasteiger partial charge in [0.15, 0.2) is 11.6 Å². The molecule has 0 fully saturated rings. The molecule has 8 nitrogen and oxygen atoms in total. The van der Waals surface area contributed by atoms with Crippen LogP contribution in [0.3, 0.4) is 0 Å². The number of fused-ring (bicyclic) bond motifs is 1. The summed E-state index contributed by atoms with van der Waals surface area (Å²) in [6, 6.07) is 18.9. The van der Waals surface area contributed by atoms with Gasteiger partial charge in [-0.25, -0.2) is 14.0 Å². The minimum atomic E-state index is -5.08. The fraction of sp³-hybridized carbons (Fsp3) is 0.286. The average molecular weight is 566 g/mol. The van der Waals surface area contributed by atoms with Crippen molar-refractivity contribution in [3.63, 3.8) is 0 Å². The summed E-state index contributed by atoms with van der Waals surface area (Å²) in [7, 11) is 0. The number of para-hydroxylation sites is 1. The number of rotatable bonds is 9. The van der Waals surface area contributed by atoms with E-state index in [1.54, 1.807) is 24.3 Å². The molecule has 0 saturated heterocycles. The second-order valence-electron chi connectivity index (χ2n) is 8.84. The van der Waals surface area contributed by atoms with Gasteiger partial charge in [-0.1, -0.05) is 30.3 Å². The standard InChI is InChI=1S/C26H26FNO5.C2HF3O2/c27-23-3-1-2-4-25(23)32-16-21(29)14-28-15-22-11-9-20-13-19(10-12-24(20)33-22)17-5-7-18(8-6-17)26(30)31;3-2(4,5)1(6)7/h1-8,10,12-13,21-22,28-29H,9,11,14-16H2,(H,30,31);(H,6,7)/t21-,22+;/m0./s1. The number of aliphatic hydroxyl groups is 1. The van der Waals surface area contributed by atoms with E-state index in [4.69, 9.17) is 24.5 Å². The Labute approximate surface area is 226 Å². The molecule has 0 bridgehead atoms. The number of benzene rings is 3. The fourth-order valence-corrected chi connectivity index (χ4v) is 3.79. The Morgan fingerprint density at radius 2 is 1.68 bits per heavy atom. The Hall–Kier alpha value is -4.16. The number of nitrogens with one attached hydrogen (secondary N) is 1. The molecule has 0 amide bonds. The van der Waals surface area contributed by atoms with Crippen LogP contribution < -0.4 is 14.8 Å². The Morgan fingerprint density at radius 1 is 1.02 bits per heavy atom. The molecule has 0 saturated carbocycles. The molecule has 1 aliphatic heterocycles. The van der Waals surface area contributed by atoms with Crippen LogP contribution in [0.4, 0.5) is 17.6 Å². The van der Waals surface area contributed by atoms with E-state index in [-0.39, 0.29) is 24.0 Å². The van der Waals surface area contributed by atoms with Crippen molar-refractivity contribution in [1.82, 2.24) is 5.32 Å². The first kappa shape index (κ1) is 30.4. The molecule has 3 aromatic rings. The summed E-state index contributed by atoms with van der Waals surface area (Å²) in [5.41, 5.74) is 3.35. The van der Waals surface area contributed by atoms with E-state index in [1.807, 2.05) is 24.3 Å². The summed E-state index contributed by atoms with van der Waals surface area (Å²) in [6.45, 7) is 0.888. The van der Waals surface area contributed by atoms with Crippen molar-refractivity contribution in [1.29, 1.82) is 0 Å². The molecule has 0 aliphatic carbocycles. The molecule has 0 spiro atoms. The van der Waals surface area contributed by atoms with Crippen molar-refractivity contribution in [2.75, 3.05) is 19.7 Å². The van der Waals surface area contributed by atoms with Gasteiger partial charge in [-0.3, -0.25) is 0 Å². The van der Waals surface area contributed by atoms with E-state index >= 15 is 0 Å². The van der Waals surface area contributed by atoms with Crippen LogP contribution in [0.2, 0.25) is 0 Å². The molecular weight excluding hydrogens is 538 g/mol. The van der Waals surface area contributed by atoms with Gasteiger partial charge in [0.25, 0.3) is 0 Å². The first-order valence-electron chi connectivity index (χ1n) is 12.1. The van der Waals surface area contributed by atoms with E-state index < -0.39 is 30.0 Å². The highest BCUT2D eigenvalue weighted by Crippen LogP contribution is 2.32. The lowest BCUT2D eigenvalue weighted by atomic mass is 9.96. The van der Waals surface area contributed by atoms with Crippen LogP contribution >= 0.6 is 0 Å². The molecule has 3 aromatic carbocycles. The van der Waals surface area contributed by atoms with Crippen LogP contribution in [-0.2, 0) is 11.2 Å². The molecule has 40 heavy (non-hydrogen) atoms. The Morgan fingerprint density at radius 3 is 2.30 bits per heavy atom. The van der Waals surface area contributed by atoms with Gasteiger partial charge in [0.1, 0.15) is 24.6 Å². The zero-order valence-electron chi connectivity index (χ0n) is 21.0. The maximum Gasteiger partial charge on any atom is 0.490 e. The lowest BCUT2D eigenvalue weighted by Crippen LogP contribution is -2.39. The number of carboxylic acid groups (broad SMARTS) is 2. The maximum atomic E-state index is 13.6. The minimum absolute atomic E-state index is 0.00148. The number of halogens is 4. The van der Waals surface area contributed by atoms with Gasteiger partial charge >= 0.3 is 18.1 Å². The zero-order valence-corrected chi connectivity index (χ0v) is 21.0. The van der Waals surface area contributed by atoms with Crippen molar-refractivity contribution < 1.29 is 51.9 Å². The summed E-state index contributed by atoms with van der Waals surface area (Å²) in [5.74, 6) is -3.19. The summed E-state index contributed by atoms with van der Waals surface area (Å²) in [4.78, 5) is 19.9. The molecule has 2 atom stereocenters. The molecule has 12 heteroatoms. The number of aliphatic carboxylic acids is 1. The van der Waals surface area contributed by atoms with Crippen LogP contribution in [-0.4, -0.2) is 65.3 Å². The molecule has 1 heterocycles. The molecular formula is C28H27F4NO7. The summed E-state index contributed by atoms with van der Waals surface area (Å²) >= 11 is 0. The number of carbonyl (C=O) groups is 2. The smallest absolute Gasteiger partial charge is 0.489 e. The maximum absolute atomic E-state index is 13.6. The highest BCUT2D eigenvalue weighted by molar-refractivity contribution is 5.88. The Kier molecular flexibility index (Phi) is 10.5. The van der Waals surface area contributed by atoms with Gasteiger partial charge in [-0.05, 0) is 65.9 Å². The summed E-state index contributed by atoms with van der Waals surface area (Å²) in [6.07, 6.45) is -4.17. The summed E-state index contributed by atoms with van der Waals surface area (Å²) in [5, 5.41) is 29.5. The quantitative estimate of drug-likeness (QED) is 0.279. The summed E-state index contributed by atoms with van der Waals surface area (Å²) < 4.78 is 56.7. The second kappa shape index (κ2) is 13.8. The van der Waals surface area contributed by atoms with Gasteiger partial charge in [0.2, 0.25) is 0 Å². The van der Waals surface area contributed by atoms with Gasteiger partial charge < -0.3 is 30.1 Å². The Bertz CT molecular complexity index is 1300. The highest BCUT2D eigenvalue weighted by atomic mass is 19.4. The number of carboxylic acids is 2. The molecule has 0 unspecified atom stereocenters. The minimum Gasteiger partial charge on any atom is -0.489 e. The van der Waals surface area contributed by atoms with Gasteiger partial charge in [-0.2, -0.15) is 13.2 Å². The fourth-order valence-electron chi connectivity index (χ4n) is 3.79. The van der Waals surface area contributed by atoms with Gasteiger partial charge in [0.05, 0.1) is 5.56 Å². The lowest BCUT2D eigenvalue weighted by Gasteiger charge is -2.27. The van der Waals surface area contributed by atoms with Crippen LogP contribution in [0.25, 0.3) is 11.1 Å². The zero-order chi connectivity index (χ0) is 29.3. The average Bonchev–Trinajstić information content (AvgIpc) is 2.92. The second-order valence-corrected chi connectivity index (χ2v) is 8.84. The predicted octanol–water partition coefficient (Wildman–Crippen LogP) is 4.55. The molecule has 0 radical (unpaired) electrons. The van der Waals surface area contributed by atoms with E-state index in [9.17, 15) is 27.5 Å². The third-order valence-electron chi connectivity index (χ3n) is 5.82. The van der Waals surface area contributed by atoms with Crippen molar-refractivity contribution in [3.05, 3.63) is 83.7 Å². The van der Waals surface area contributed by atoms with Crippen molar-refractivity contribution >= 4 is 11.9 Å². The van der Waals surface area contributed by atoms with E-state index in [2.05, 4.69) is 11.4 Å². The number of aliphatic hydroxyl groups excluding tert-OH is 1. The molecule has 4 rings (SSSR count). The van der Waals surface area contributed by atoms with E-state index in [0.717, 1.165) is 35.3 Å². The third-order valence-corrected chi connectivity index (χ3v) is 5.82. The molecule has 4 N–H and O–H groups in total. The monoisotopic (exact) mass is 565 g/mol. The molecule has 0 aromatic heterocycles. The number of hydrogen-bond donors (Lipinski definition) is 4. The van der Waals surface area contributed by atoms with Crippen LogP contribution in [0.1, 0.15) is 22.3 Å². The van der Waals surface area contributed by atoms with Crippen LogP contribution in [0, 0.1) is 5.82 Å². The van der Waals surface area contributed by atoms with Gasteiger partial charge in [0, 0.05) is 13.1 Å². The largest absolute Gasteiger partial charge is 0.490 e. The van der Waals surface area contributed by atoms with Crippen molar-refractivity contribution in [2.24, 2.45) is 0 Å². The number of hydrogen-bond acceptors (Lipinski definition) is 6.